The van der Waals surface area contributed by atoms with E-state index in [1.54, 1.807) is 24.3 Å². The standard InChI is InChI=1S/C17H15NO2/c1-13(14-8-4-2-5-9-14)16(12-18)20-17(19)15-10-6-3-7-11-15/h2-11,13,16H,1H3. The van der Waals surface area contributed by atoms with Crippen LogP contribution in [0.25, 0.3) is 0 Å². The van der Waals surface area contributed by atoms with Gasteiger partial charge in [0.15, 0.2) is 6.10 Å². The van der Waals surface area contributed by atoms with Crippen molar-refractivity contribution in [2.75, 3.05) is 0 Å². The highest BCUT2D eigenvalue weighted by Gasteiger charge is 2.23. The van der Waals surface area contributed by atoms with E-state index in [4.69, 9.17) is 4.74 Å². The van der Waals surface area contributed by atoms with Crippen molar-refractivity contribution in [1.82, 2.24) is 0 Å². The molecule has 3 nitrogen and oxygen atoms in total. The quantitative estimate of drug-likeness (QED) is 0.794. The molecule has 0 heterocycles. The molecule has 2 rings (SSSR count). The SMILES string of the molecule is CC(c1ccccc1)C(C#N)OC(=O)c1ccccc1. The van der Waals surface area contributed by atoms with Gasteiger partial charge in [-0.1, -0.05) is 55.5 Å². The number of hydrogen-bond acceptors (Lipinski definition) is 3. The van der Waals surface area contributed by atoms with Crippen molar-refractivity contribution in [3.8, 4) is 6.07 Å². The molecular weight excluding hydrogens is 250 g/mol. The molecule has 0 aliphatic heterocycles. The fourth-order valence-corrected chi connectivity index (χ4v) is 1.93. The Morgan fingerprint density at radius 3 is 2.15 bits per heavy atom. The molecule has 2 aromatic carbocycles. The maximum atomic E-state index is 12.0. The minimum absolute atomic E-state index is 0.172. The van der Waals surface area contributed by atoms with E-state index in [1.807, 2.05) is 43.3 Å². The Morgan fingerprint density at radius 2 is 1.60 bits per heavy atom. The number of rotatable bonds is 4. The third kappa shape index (κ3) is 3.24. The van der Waals surface area contributed by atoms with Crippen LogP contribution in [0.15, 0.2) is 60.7 Å². The van der Waals surface area contributed by atoms with Gasteiger partial charge in [0.2, 0.25) is 0 Å². The lowest BCUT2D eigenvalue weighted by Crippen LogP contribution is -2.22. The van der Waals surface area contributed by atoms with Gasteiger partial charge >= 0.3 is 5.97 Å². The van der Waals surface area contributed by atoms with Crippen molar-refractivity contribution >= 4 is 5.97 Å². The molecule has 0 bridgehead atoms. The number of benzene rings is 2. The van der Waals surface area contributed by atoms with Crippen molar-refractivity contribution < 1.29 is 9.53 Å². The van der Waals surface area contributed by atoms with E-state index in [0.717, 1.165) is 5.56 Å². The molecule has 0 radical (unpaired) electrons. The molecule has 100 valence electrons. The normalized spacial score (nSPS) is 13.0. The van der Waals surface area contributed by atoms with E-state index in [1.165, 1.54) is 0 Å². The summed E-state index contributed by atoms with van der Waals surface area (Å²) in [5.41, 5.74) is 1.42. The van der Waals surface area contributed by atoms with Gasteiger partial charge in [0.05, 0.1) is 5.56 Å². The minimum Gasteiger partial charge on any atom is -0.443 e. The van der Waals surface area contributed by atoms with E-state index in [9.17, 15) is 10.1 Å². The largest absolute Gasteiger partial charge is 0.443 e. The molecule has 2 unspecified atom stereocenters. The molecule has 0 aliphatic carbocycles. The minimum atomic E-state index is -0.801. The van der Waals surface area contributed by atoms with E-state index in [2.05, 4.69) is 6.07 Å². The van der Waals surface area contributed by atoms with Crippen LogP contribution < -0.4 is 0 Å². The number of carbonyl (C=O) groups is 1. The first-order valence-electron chi connectivity index (χ1n) is 6.43. The van der Waals surface area contributed by atoms with Gasteiger partial charge < -0.3 is 4.74 Å². The van der Waals surface area contributed by atoms with Crippen LogP contribution in [0.1, 0.15) is 28.8 Å². The second kappa shape index (κ2) is 6.53. The van der Waals surface area contributed by atoms with Gasteiger partial charge in [-0.15, -0.1) is 0 Å². The van der Waals surface area contributed by atoms with E-state index in [0.29, 0.717) is 5.56 Å². The van der Waals surface area contributed by atoms with E-state index >= 15 is 0 Å². The van der Waals surface area contributed by atoms with Crippen LogP contribution in [0.4, 0.5) is 0 Å². The lowest BCUT2D eigenvalue weighted by molar-refractivity contribution is 0.0368. The number of nitriles is 1. The maximum Gasteiger partial charge on any atom is 0.339 e. The molecule has 2 aromatic rings. The molecule has 20 heavy (non-hydrogen) atoms. The second-order valence-electron chi connectivity index (χ2n) is 4.52. The predicted octanol–water partition coefficient (Wildman–Crippen LogP) is 3.54. The fourth-order valence-electron chi connectivity index (χ4n) is 1.93. The lowest BCUT2D eigenvalue weighted by Gasteiger charge is -2.18. The summed E-state index contributed by atoms with van der Waals surface area (Å²) in [6.45, 7) is 1.88. The number of nitrogens with zero attached hydrogens (tertiary/aromatic N) is 1. The average molecular weight is 265 g/mol. The van der Waals surface area contributed by atoms with Crippen LogP contribution in [-0.2, 0) is 4.74 Å². The van der Waals surface area contributed by atoms with Crippen LogP contribution in [-0.4, -0.2) is 12.1 Å². The zero-order valence-electron chi connectivity index (χ0n) is 11.2. The van der Waals surface area contributed by atoms with Gasteiger partial charge in [-0.05, 0) is 17.7 Å². The first-order chi connectivity index (χ1) is 9.72. The summed E-state index contributed by atoms with van der Waals surface area (Å²) in [6, 6.07) is 20.3. The average Bonchev–Trinajstić information content (AvgIpc) is 2.53. The fraction of sp³-hybridized carbons (Fsp3) is 0.176. The molecule has 0 saturated heterocycles. The Labute approximate surface area is 118 Å². The van der Waals surface area contributed by atoms with Crippen molar-refractivity contribution in [1.29, 1.82) is 5.26 Å². The van der Waals surface area contributed by atoms with Gasteiger partial charge in [0.1, 0.15) is 6.07 Å². The Morgan fingerprint density at radius 1 is 1.05 bits per heavy atom. The van der Waals surface area contributed by atoms with Crippen LogP contribution in [0, 0.1) is 11.3 Å². The molecule has 0 N–H and O–H groups in total. The smallest absolute Gasteiger partial charge is 0.339 e. The van der Waals surface area contributed by atoms with E-state index in [-0.39, 0.29) is 5.92 Å². The molecular formula is C17H15NO2. The van der Waals surface area contributed by atoms with Crippen molar-refractivity contribution in [2.24, 2.45) is 0 Å². The van der Waals surface area contributed by atoms with Gasteiger partial charge in [0, 0.05) is 5.92 Å². The first-order valence-corrected chi connectivity index (χ1v) is 6.43. The summed E-state index contributed by atoms with van der Waals surface area (Å²) in [5, 5.41) is 9.23. The highest BCUT2D eigenvalue weighted by Crippen LogP contribution is 2.21. The third-order valence-corrected chi connectivity index (χ3v) is 3.15. The monoisotopic (exact) mass is 265 g/mol. The molecule has 0 saturated carbocycles. The molecule has 2 atom stereocenters. The number of hydrogen-bond donors (Lipinski definition) is 0. The predicted molar refractivity (Wildman–Crippen MR) is 76.1 cm³/mol. The van der Waals surface area contributed by atoms with Crippen LogP contribution in [0.3, 0.4) is 0 Å². The topological polar surface area (TPSA) is 50.1 Å². The first kappa shape index (κ1) is 13.8. The molecule has 0 amide bonds. The summed E-state index contributed by atoms with van der Waals surface area (Å²) in [6.07, 6.45) is -0.801. The zero-order valence-corrected chi connectivity index (χ0v) is 11.2. The zero-order chi connectivity index (χ0) is 14.4. The second-order valence-corrected chi connectivity index (χ2v) is 4.52. The van der Waals surface area contributed by atoms with Gasteiger partial charge in [-0.2, -0.15) is 5.26 Å². The maximum absolute atomic E-state index is 12.0. The summed E-state index contributed by atoms with van der Waals surface area (Å²) >= 11 is 0. The number of ether oxygens (including phenoxy) is 1. The van der Waals surface area contributed by atoms with Gasteiger partial charge in [-0.25, -0.2) is 4.79 Å². The summed E-state index contributed by atoms with van der Waals surface area (Å²) in [4.78, 5) is 12.0. The molecule has 0 fully saturated rings. The summed E-state index contributed by atoms with van der Waals surface area (Å²) < 4.78 is 5.30. The molecule has 0 spiro atoms. The third-order valence-electron chi connectivity index (χ3n) is 3.15. The highest BCUT2D eigenvalue weighted by atomic mass is 16.5. The lowest BCUT2D eigenvalue weighted by atomic mass is 9.96. The van der Waals surface area contributed by atoms with Gasteiger partial charge in [-0.3, -0.25) is 0 Å². The van der Waals surface area contributed by atoms with Crippen LogP contribution in [0.2, 0.25) is 0 Å². The van der Waals surface area contributed by atoms with Crippen LogP contribution in [0.5, 0.6) is 0 Å². The summed E-state index contributed by atoms with van der Waals surface area (Å²) in [7, 11) is 0. The van der Waals surface area contributed by atoms with Crippen LogP contribution >= 0.6 is 0 Å². The Kier molecular flexibility index (Phi) is 4.52. The van der Waals surface area contributed by atoms with E-state index < -0.39 is 12.1 Å². The summed E-state index contributed by atoms with van der Waals surface area (Å²) in [5.74, 6) is -0.645. The Hall–Kier alpha value is -2.60. The van der Waals surface area contributed by atoms with Crippen molar-refractivity contribution in [2.45, 2.75) is 18.9 Å². The van der Waals surface area contributed by atoms with Crippen molar-refractivity contribution in [3.05, 3.63) is 71.8 Å². The molecule has 3 heteroatoms. The number of esters is 1. The molecule has 0 aliphatic rings. The highest BCUT2D eigenvalue weighted by molar-refractivity contribution is 5.89. The Bertz CT molecular complexity index is 602. The molecule has 0 aromatic heterocycles. The Balaban J connectivity index is 2.10. The van der Waals surface area contributed by atoms with Crippen molar-refractivity contribution in [3.63, 3.8) is 0 Å². The number of carbonyl (C=O) groups excluding carboxylic acids is 1. The van der Waals surface area contributed by atoms with Gasteiger partial charge in [0.25, 0.3) is 0 Å².